The number of aliphatic hydroxyl groups is 1. The van der Waals surface area contributed by atoms with E-state index in [2.05, 4.69) is 4.98 Å². The monoisotopic (exact) mass is 332 g/mol. The summed E-state index contributed by atoms with van der Waals surface area (Å²) in [4.78, 5) is 16.3. The molecule has 5 nitrogen and oxygen atoms in total. The lowest BCUT2D eigenvalue weighted by molar-refractivity contribution is 0.0914. The van der Waals surface area contributed by atoms with Gasteiger partial charge < -0.3 is 9.84 Å². The maximum Gasteiger partial charge on any atom is 0.261 e. The molecular weight excluding hydrogens is 318 g/mol. The Morgan fingerprint density at radius 2 is 1.83 bits per heavy atom. The number of ether oxygens (including phenoxy) is 1. The van der Waals surface area contributed by atoms with E-state index in [-0.39, 0.29) is 35.4 Å². The molecule has 0 aliphatic carbocycles. The van der Waals surface area contributed by atoms with Crippen LogP contribution in [-0.4, -0.2) is 27.4 Å². The van der Waals surface area contributed by atoms with Crippen molar-refractivity contribution >= 4 is 10.9 Å². The van der Waals surface area contributed by atoms with Crippen LogP contribution in [0.2, 0.25) is 0 Å². The first-order valence-corrected chi connectivity index (χ1v) is 7.24. The largest absolute Gasteiger partial charge is 0.491 e. The Morgan fingerprint density at radius 1 is 1.12 bits per heavy atom. The van der Waals surface area contributed by atoms with Crippen molar-refractivity contribution in [2.75, 3.05) is 6.61 Å². The van der Waals surface area contributed by atoms with Crippen molar-refractivity contribution in [2.24, 2.45) is 0 Å². The third kappa shape index (κ3) is 3.57. The minimum absolute atomic E-state index is 0.0274. The predicted octanol–water partition coefficient (Wildman–Crippen LogP) is 2.11. The molecule has 2 aromatic carbocycles. The van der Waals surface area contributed by atoms with Crippen molar-refractivity contribution in [1.82, 2.24) is 9.55 Å². The SMILES string of the molecule is O=c1c2ccc(F)cc2ncn1C[C@H](O)COc1ccc(F)cc1. The molecular formula is C17H14F2N2O3. The first kappa shape index (κ1) is 16.1. The number of fused-ring (bicyclic) bond motifs is 1. The van der Waals surface area contributed by atoms with Crippen LogP contribution in [0.5, 0.6) is 5.75 Å². The van der Waals surface area contributed by atoms with Gasteiger partial charge in [-0.05, 0) is 36.4 Å². The van der Waals surface area contributed by atoms with E-state index in [4.69, 9.17) is 4.74 Å². The predicted molar refractivity (Wildman–Crippen MR) is 83.9 cm³/mol. The van der Waals surface area contributed by atoms with Gasteiger partial charge in [0.15, 0.2) is 0 Å². The molecule has 0 radical (unpaired) electrons. The van der Waals surface area contributed by atoms with Crippen LogP contribution < -0.4 is 10.3 Å². The van der Waals surface area contributed by atoms with Gasteiger partial charge in [0.2, 0.25) is 0 Å². The van der Waals surface area contributed by atoms with E-state index in [0.717, 1.165) is 0 Å². The Labute approximate surface area is 135 Å². The quantitative estimate of drug-likeness (QED) is 0.777. The van der Waals surface area contributed by atoms with Crippen LogP contribution in [0.25, 0.3) is 10.9 Å². The summed E-state index contributed by atoms with van der Waals surface area (Å²) in [7, 11) is 0. The van der Waals surface area contributed by atoms with Gasteiger partial charge in [-0.1, -0.05) is 0 Å². The third-order valence-electron chi connectivity index (χ3n) is 3.45. The maximum absolute atomic E-state index is 13.1. The van der Waals surface area contributed by atoms with Gasteiger partial charge in [-0.25, -0.2) is 13.8 Å². The standard InChI is InChI=1S/C17H14F2N2O3/c18-11-1-4-14(5-2-11)24-9-13(22)8-21-10-20-16-7-12(19)3-6-15(16)17(21)23/h1-7,10,13,22H,8-9H2/t13-/m0/s1. The Bertz CT molecular complexity index is 910. The van der Waals surface area contributed by atoms with E-state index in [1.165, 1.54) is 53.4 Å². The Balaban J connectivity index is 1.70. The summed E-state index contributed by atoms with van der Waals surface area (Å²) in [5.74, 6) is -0.442. The molecule has 1 aromatic heterocycles. The second kappa shape index (κ2) is 6.76. The molecule has 0 bridgehead atoms. The molecule has 0 amide bonds. The van der Waals surface area contributed by atoms with E-state index in [0.29, 0.717) is 5.75 Å². The molecule has 0 saturated carbocycles. The number of rotatable bonds is 5. The lowest BCUT2D eigenvalue weighted by Gasteiger charge is -2.14. The molecule has 0 fully saturated rings. The highest BCUT2D eigenvalue weighted by atomic mass is 19.1. The number of halogens is 2. The zero-order chi connectivity index (χ0) is 17.1. The molecule has 0 unspecified atom stereocenters. The average molecular weight is 332 g/mol. The molecule has 3 rings (SSSR count). The first-order chi connectivity index (χ1) is 11.5. The molecule has 24 heavy (non-hydrogen) atoms. The van der Waals surface area contributed by atoms with Crippen LogP contribution in [0.4, 0.5) is 8.78 Å². The van der Waals surface area contributed by atoms with Crippen LogP contribution in [0, 0.1) is 11.6 Å². The molecule has 1 atom stereocenters. The fourth-order valence-corrected chi connectivity index (χ4v) is 2.26. The highest BCUT2D eigenvalue weighted by molar-refractivity contribution is 5.77. The van der Waals surface area contributed by atoms with Gasteiger partial charge in [0.25, 0.3) is 5.56 Å². The zero-order valence-corrected chi connectivity index (χ0v) is 12.5. The first-order valence-electron chi connectivity index (χ1n) is 7.24. The summed E-state index contributed by atoms with van der Waals surface area (Å²) in [5.41, 5.74) is -0.117. The zero-order valence-electron chi connectivity index (χ0n) is 12.5. The topological polar surface area (TPSA) is 64.4 Å². The fourth-order valence-electron chi connectivity index (χ4n) is 2.26. The van der Waals surface area contributed by atoms with E-state index in [9.17, 15) is 18.7 Å². The molecule has 124 valence electrons. The summed E-state index contributed by atoms with van der Waals surface area (Å²) in [6.07, 6.45) is 0.290. The number of hydrogen-bond donors (Lipinski definition) is 1. The fraction of sp³-hybridized carbons (Fsp3) is 0.176. The van der Waals surface area contributed by atoms with Crippen molar-refractivity contribution in [2.45, 2.75) is 12.6 Å². The van der Waals surface area contributed by atoms with E-state index in [1.807, 2.05) is 0 Å². The minimum Gasteiger partial charge on any atom is -0.491 e. The van der Waals surface area contributed by atoms with Crippen molar-refractivity contribution in [1.29, 1.82) is 0 Å². The van der Waals surface area contributed by atoms with Crippen molar-refractivity contribution in [3.05, 3.63) is 70.8 Å². The summed E-state index contributed by atoms with van der Waals surface area (Å²) < 4.78 is 32.5. The molecule has 0 saturated heterocycles. The maximum atomic E-state index is 13.1. The van der Waals surface area contributed by atoms with E-state index < -0.39 is 11.9 Å². The molecule has 7 heteroatoms. The highest BCUT2D eigenvalue weighted by Crippen LogP contribution is 2.12. The van der Waals surface area contributed by atoms with Gasteiger partial charge in [-0.2, -0.15) is 0 Å². The van der Waals surface area contributed by atoms with Crippen LogP contribution in [0.15, 0.2) is 53.6 Å². The molecule has 0 aliphatic heterocycles. The van der Waals surface area contributed by atoms with Gasteiger partial charge in [-0.3, -0.25) is 9.36 Å². The summed E-state index contributed by atoms with van der Waals surface area (Å²) in [6, 6.07) is 9.11. The number of aliphatic hydroxyl groups excluding tert-OH is 1. The van der Waals surface area contributed by atoms with Crippen LogP contribution in [0.1, 0.15) is 0 Å². The van der Waals surface area contributed by atoms with Crippen LogP contribution in [-0.2, 0) is 6.54 Å². The normalized spacial score (nSPS) is 12.3. The van der Waals surface area contributed by atoms with Gasteiger partial charge in [0, 0.05) is 6.07 Å². The Kier molecular flexibility index (Phi) is 4.52. The number of nitrogens with zero attached hydrogens (tertiary/aromatic N) is 2. The Hall–Kier alpha value is -2.80. The number of benzene rings is 2. The average Bonchev–Trinajstić information content (AvgIpc) is 2.57. The Morgan fingerprint density at radius 3 is 2.58 bits per heavy atom. The van der Waals surface area contributed by atoms with Gasteiger partial charge in [0.1, 0.15) is 30.1 Å². The van der Waals surface area contributed by atoms with Crippen LogP contribution in [0.3, 0.4) is 0 Å². The third-order valence-corrected chi connectivity index (χ3v) is 3.45. The van der Waals surface area contributed by atoms with Crippen LogP contribution >= 0.6 is 0 Å². The minimum atomic E-state index is -0.965. The second-order valence-electron chi connectivity index (χ2n) is 5.28. The van der Waals surface area contributed by atoms with Gasteiger partial charge in [0.05, 0.1) is 23.8 Å². The van der Waals surface area contributed by atoms with Crippen molar-refractivity contribution in [3.8, 4) is 5.75 Å². The van der Waals surface area contributed by atoms with E-state index >= 15 is 0 Å². The lowest BCUT2D eigenvalue weighted by atomic mass is 10.2. The van der Waals surface area contributed by atoms with Crippen molar-refractivity contribution in [3.63, 3.8) is 0 Å². The van der Waals surface area contributed by atoms with E-state index in [1.54, 1.807) is 0 Å². The highest BCUT2D eigenvalue weighted by Gasteiger charge is 2.11. The van der Waals surface area contributed by atoms with Gasteiger partial charge in [-0.15, -0.1) is 0 Å². The molecule has 3 aromatic rings. The van der Waals surface area contributed by atoms with Crippen molar-refractivity contribution < 1.29 is 18.6 Å². The summed E-state index contributed by atoms with van der Waals surface area (Å²) >= 11 is 0. The lowest BCUT2D eigenvalue weighted by Crippen LogP contribution is -2.30. The smallest absolute Gasteiger partial charge is 0.261 e. The second-order valence-corrected chi connectivity index (χ2v) is 5.28. The number of hydrogen-bond acceptors (Lipinski definition) is 4. The molecule has 0 spiro atoms. The number of aromatic nitrogens is 2. The summed E-state index contributed by atoms with van der Waals surface area (Å²) in [6.45, 7) is -0.0973. The molecule has 0 aliphatic rings. The summed E-state index contributed by atoms with van der Waals surface area (Å²) in [5, 5.41) is 10.3. The molecule has 1 N–H and O–H groups in total. The van der Waals surface area contributed by atoms with Gasteiger partial charge >= 0.3 is 0 Å². The molecule has 1 heterocycles.